The van der Waals surface area contributed by atoms with E-state index in [4.69, 9.17) is 5.11 Å². The molecule has 0 heterocycles. The average molecular weight is 304 g/mol. The van der Waals surface area contributed by atoms with E-state index in [2.05, 4.69) is 27.4 Å². The molecule has 2 aliphatic rings. The molecule has 2 nitrogen and oxygen atoms in total. The van der Waals surface area contributed by atoms with Crippen LogP contribution < -0.4 is 0 Å². The highest BCUT2D eigenvalue weighted by Gasteiger charge is 2.52. The monoisotopic (exact) mass is 304 g/mol. The minimum absolute atomic E-state index is 0.348. The van der Waals surface area contributed by atoms with Gasteiger partial charge in [0.05, 0.1) is 0 Å². The Hall–Kier alpha value is -1.05. The Balaban J connectivity index is 2.17. The predicted octanol–water partition coefficient (Wildman–Crippen LogP) is 5.60. The second kappa shape index (κ2) is 6.22. The van der Waals surface area contributed by atoms with E-state index in [-0.39, 0.29) is 0 Å². The number of rotatable bonds is 4. The zero-order valence-corrected chi connectivity index (χ0v) is 14.7. The van der Waals surface area contributed by atoms with Gasteiger partial charge in [-0.25, -0.2) is 4.79 Å². The summed E-state index contributed by atoms with van der Waals surface area (Å²) < 4.78 is 0. The van der Waals surface area contributed by atoms with Gasteiger partial charge in [-0.3, -0.25) is 0 Å². The lowest BCUT2D eigenvalue weighted by molar-refractivity contribution is -0.131. The fraction of sp³-hybridized carbons (Fsp3) is 0.750. The number of carbonyl (C=O) groups is 1. The van der Waals surface area contributed by atoms with Crippen LogP contribution in [0.4, 0.5) is 0 Å². The van der Waals surface area contributed by atoms with Crippen LogP contribution in [0.25, 0.3) is 0 Å². The third-order valence-electron chi connectivity index (χ3n) is 6.52. The van der Waals surface area contributed by atoms with Crippen molar-refractivity contribution in [2.24, 2.45) is 22.7 Å². The standard InChI is InChI=1S/C20H32O2/c1-14(13-18(21)22)7-9-16-15(2)8-10-17-19(3,4)11-6-12-20(16,17)5/h13,16-17H,2,6-12H2,1,3-5H3,(H,21,22)/b14-13+/t16-,17-,20+/m0/s1. The Morgan fingerprint density at radius 2 is 2.05 bits per heavy atom. The Morgan fingerprint density at radius 3 is 2.68 bits per heavy atom. The molecule has 0 spiro atoms. The Labute approximate surface area is 135 Å². The lowest BCUT2D eigenvalue weighted by Crippen LogP contribution is -2.49. The summed E-state index contributed by atoms with van der Waals surface area (Å²) in [6, 6.07) is 0. The number of fused-ring (bicyclic) bond motifs is 1. The first-order valence-electron chi connectivity index (χ1n) is 8.74. The van der Waals surface area contributed by atoms with Crippen LogP contribution in [0, 0.1) is 22.7 Å². The summed E-state index contributed by atoms with van der Waals surface area (Å²) in [6.45, 7) is 13.7. The fourth-order valence-electron chi connectivity index (χ4n) is 5.46. The molecule has 0 aromatic carbocycles. The lowest BCUT2D eigenvalue weighted by atomic mass is 9.47. The van der Waals surface area contributed by atoms with Crippen molar-refractivity contribution in [3.8, 4) is 0 Å². The van der Waals surface area contributed by atoms with Crippen LogP contribution in [0.2, 0.25) is 0 Å². The van der Waals surface area contributed by atoms with Gasteiger partial charge in [0.25, 0.3) is 0 Å². The van der Waals surface area contributed by atoms with Crippen molar-refractivity contribution < 1.29 is 9.90 Å². The molecule has 2 fully saturated rings. The summed E-state index contributed by atoms with van der Waals surface area (Å²) in [7, 11) is 0. The molecule has 0 amide bonds. The maximum atomic E-state index is 10.8. The molecule has 2 rings (SSSR count). The molecular formula is C20H32O2. The maximum absolute atomic E-state index is 10.8. The van der Waals surface area contributed by atoms with Gasteiger partial charge in [-0.1, -0.05) is 44.9 Å². The zero-order chi connectivity index (χ0) is 16.5. The zero-order valence-electron chi connectivity index (χ0n) is 14.7. The van der Waals surface area contributed by atoms with E-state index in [0.29, 0.717) is 16.7 Å². The van der Waals surface area contributed by atoms with Crippen LogP contribution in [-0.2, 0) is 4.79 Å². The van der Waals surface area contributed by atoms with Crippen molar-refractivity contribution >= 4 is 5.97 Å². The third-order valence-corrected chi connectivity index (χ3v) is 6.52. The van der Waals surface area contributed by atoms with Crippen LogP contribution in [0.5, 0.6) is 0 Å². The Bertz CT molecular complexity index is 486. The van der Waals surface area contributed by atoms with Crippen LogP contribution in [0.3, 0.4) is 0 Å². The molecule has 1 N–H and O–H groups in total. The first-order chi connectivity index (χ1) is 10.2. The quantitative estimate of drug-likeness (QED) is 0.542. The number of carboxylic acid groups (broad SMARTS) is 1. The summed E-state index contributed by atoms with van der Waals surface area (Å²) in [5, 5.41) is 8.89. The van der Waals surface area contributed by atoms with Crippen molar-refractivity contribution in [1.29, 1.82) is 0 Å². The summed E-state index contributed by atoms with van der Waals surface area (Å²) in [6.07, 6.45) is 9.66. The topological polar surface area (TPSA) is 37.3 Å². The van der Waals surface area contributed by atoms with E-state index >= 15 is 0 Å². The van der Waals surface area contributed by atoms with Gasteiger partial charge in [-0.05, 0) is 68.1 Å². The molecule has 0 radical (unpaired) electrons. The van der Waals surface area contributed by atoms with Gasteiger partial charge >= 0.3 is 5.97 Å². The molecular weight excluding hydrogens is 272 g/mol. The van der Waals surface area contributed by atoms with Crippen molar-refractivity contribution in [1.82, 2.24) is 0 Å². The number of carboxylic acids is 1. The molecule has 0 unspecified atom stereocenters. The lowest BCUT2D eigenvalue weighted by Gasteiger charge is -2.58. The summed E-state index contributed by atoms with van der Waals surface area (Å²) in [4.78, 5) is 10.8. The van der Waals surface area contributed by atoms with Crippen molar-refractivity contribution in [3.63, 3.8) is 0 Å². The number of hydrogen-bond donors (Lipinski definition) is 1. The second-order valence-corrected chi connectivity index (χ2v) is 8.52. The van der Waals surface area contributed by atoms with Crippen molar-refractivity contribution in [2.45, 2.75) is 72.6 Å². The number of hydrogen-bond acceptors (Lipinski definition) is 1. The molecule has 0 aromatic rings. The van der Waals surface area contributed by atoms with Gasteiger partial charge in [0.1, 0.15) is 0 Å². The van der Waals surface area contributed by atoms with E-state index in [1.165, 1.54) is 37.3 Å². The van der Waals surface area contributed by atoms with E-state index in [9.17, 15) is 4.79 Å². The molecule has 0 aromatic heterocycles. The summed E-state index contributed by atoms with van der Waals surface area (Å²) in [5.74, 6) is 0.485. The number of allylic oxidation sites excluding steroid dienone is 2. The van der Waals surface area contributed by atoms with E-state index in [1.807, 2.05) is 6.92 Å². The van der Waals surface area contributed by atoms with Crippen LogP contribution >= 0.6 is 0 Å². The molecule has 2 heteroatoms. The van der Waals surface area contributed by atoms with Crippen molar-refractivity contribution in [2.75, 3.05) is 0 Å². The molecule has 22 heavy (non-hydrogen) atoms. The molecule has 2 aliphatic carbocycles. The van der Waals surface area contributed by atoms with Gasteiger partial charge in [0, 0.05) is 6.08 Å². The van der Waals surface area contributed by atoms with Gasteiger partial charge in [-0.2, -0.15) is 0 Å². The molecule has 0 saturated heterocycles. The largest absolute Gasteiger partial charge is 0.478 e. The average Bonchev–Trinajstić information content (AvgIpc) is 2.35. The first-order valence-corrected chi connectivity index (χ1v) is 8.74. The van der Waals surface area contributed by atoms with Crippen LogP contribution in [0.15, 0.2) is 23.8 Å². The van der Waals surface area contributed by atoms with Crippen LogP contribution in [-0.4, -0.2) is 11.1 Å². The normalized spacial score (nSPS) is 35.1. The van der Waals surface area contributed by atoms with Gasteiger partial charge in [-0.15, -0.1) is 0 Å². The molecule has 0 bridgehead atoms. The summed E-state index contributed by atoms with van der Waals surface area (Å²) >= 11 is 0. The van der Waals surface area contributed by atoms with Gasteiger partial charge in [0.2, 0.25) is 0 Å². The first kappa shape index (κ1) is 17.3. The minimum Gasteiger partial charge on any atom is -0.478 e. The van der Waals surface area contributed by atoms with E-state index < -0.39 is 5.97 Å². The second-order valence-electron chi connectivity index (χ2n) is 8.52. The van der Waals surface area contributed by atoms with Gasteiger partial charge in [0.15, 0.2) is 0 Å². The Morgan fingerprint density at radius 1 is 1.36 bits per heavy atom. The highest BCUT2D eigenvalue weighted by molar-refractivity contribution is 5.80. The summed E-state index contributed by atoms with van der Waals surface area (Å²) in [5.41, 5.74) is 3.15. The molecule has 124 valence electrons. The highest BCUT2D eigenvalue weighted by Crippen LogP contribution is 2.61. The van der Waals surface area contributed by atoms with E-state index in [1.54, 1.807) is 0 Å². The molecule has 2 saturated carbocycles. The number of aliphatic carboxylic acids is 1. The SMILES string of the molecule is C=C1CC[C@H]2C(C)(C)CCC[C@]2(C)[C@H]1CC/C(C)=C/C(=O)O. The third kappa shape index (κ3) is 3.31. The van der Waals surface area contributed by atoms with E-state index in [0.717, 1.165) is 30.8 Å². The van der Waals surface area contributed by atoms with Crippen LogP contribution in [0.1, 0.15) is 72.6 Å². The van der Waals surface area contributed by atoms with Gasteiger partial charge < -0.3 is 5.11 Å². The molecule has 0 aliphatic heterocycles. The fourth-order valence-corrected chi connectivity index (χ4v) is 5.46. The smallest absolute Gasteiger partial charge is 0.328 e. The maximum Gasteiger partial charge on any atom is 0.328 e. The van der Waals surface area contributed by atoms with Crippen molar-refractivity contribution in [3.05, 3.63) is 23.8 Å². The highest BCUT2D eigenvalue weighted by atomic mass is 16.4. The molecule has 3 atom stereocenters. The minimum atomic E-state index is -0.831. The Kier molecular flexibility index (Phi) is 4.89. The predicted molar refractivity (Wildman–Crippen MR) is 91.7 cm³/mol.